The van der Waals surface area contributed by atoms with E-state index in [1.807, 2.05) is 36.9 Å². The quantitative estimate of drug-likeness (QED) is 0.760. The monoisotopic (exact) mass is 384 g/mol. The molecule has 0 radical (unpaired) electrons. The Labute approximate surface area is 163 Å². The number of hydrogen-bond acceptors (Lipinski definition) is 5. The zero-order chi connectivity index (χ0) is 19.0. The van der Waals surface area contributed by atoms with E-state index in [4.69, 9.17) is 0 Å². The molecule has 2 aliphatic heterocycles. The maximum absolute atomic E-state index is 12.8. The minimum Gasteiger partial charge on any atom is -0.368 e. The molecule has 27 heavy (non-hydrogen) atoms. The molecule has 1 amide bonds. The Kier molecular flexibility index (Phi) is 4.95. The summed E-state index contributed by atoms with van der Waals surface area (Å²) >= 11 is 1.57. The lowest BCUT2D eigenvalue weighted by molar-refractivity contribution is -0.132. The van der Waals surface area contributed by atoms with Crippen molar-refractivity contribution in [2.75, 3.05) is 36.8 Å². The summed E-state index contributed by atoms with van der Waals surface area (Å²) in [5.74, 6) is 0.868. The molecule has 0 spiro atoms. The van der Waals surface area contributed by atoms with E-state index in [2.05, 4.69) is 22.0 Å². The first kappa shape index (κ1) is 18.1. The number of fused-ring (bicyclic) bond motifs is 1. The second kappa shape index (κ2) is 7.38. The van der Waals surface area contributed by atoms with Gasteiger partial charge in [0.05, 0.1) is 6.04 Å². The van der Waals surface area contributed by atoms with Crippen LogP contribution in [0.3, 0.4) is 0 Å². The highest BCUT2D eigenvalue weighted by Gasteiger charge is 2.31. The Hall–Kier alpha value is -2.28. The molecule has 1 aromatic carbocycles. The summed E-state index contributed by atoms with van der Waals surface area (Å²) in [7, 11) is 0. The number of piperazine rings is 1. The molecule has 2 aliphatic rings. The zero-order valence-corrected chi connectivity index (χ0v) is 16.5. The third-order valence-corrected chi connectivity index (χ3v) is 6.58. The van der Waals surface area contributed by atoms with Gasteiger partial charge in [0.25, 0.3) is 5.56 Å². The van der Waals surface area contributed by atoms with E-state index in [1.165, 1.54) is 5.69 Å². The van der Waals surface area contributed by atoms with E-state index < -0.39 is 0 Å². The van der Waals surface area contributed by atoms with Crippen LogP contribution in [0.2, 0.25) is 0 Å². The molecule has 0 N–H and O–H groups in total. The summed E-state index contributed by atoms with van der Waals surface area (Å²) in [6, 6.07) is 10.2. The van der Waals surface area contributed by atoms with Gasteiger partial charge in [0.15, 0.2) is 5.16 Å². The van der Waals surface area contributed by atoms with Crippen molar-refractivity contribution in [2.24, 2.45) is 0 Å². The molecule has 0 bridgehead atoms. The number of carbonyl (C=O) groups excluding carboxylic acids is 1. The van der Waals surface area contributed by atoms with E-state index in [-0.39, 0.29) is 17.5 Å². The fourth-order valence-corrected chi connectivity index (χ4v) is 4.89. The SMILES string of the molecule is Cc1nc2n(c(=O)c1C)C(CC(=O)N1CCN(c3ccccc3)CC1)CS2. The Bertz CT molecular complexity index is 904. The summed E-state index contributed by atoms with van der Waals surface area (Å²) in [6.07, 6.45) is 0.370. The number of para-hydroxylation sites is 1. The third kappa shape index (κ3) is 3.48. The summed E-state index contributed by atoms with van der Waals surface area (Å²) < 4.78 is 1.73. The number of rotatable bonds is 3. The third-order valence-electron chi connectivity index (χ3n) is 5.49. The van der Waals surface area contributed by atoms with Crippen molar-refractivity contribution in [3.05, 3.63) is 51.9 Å². The van der Waals surface area contributed by atoms with Crippen LogP contribution in [-0.4, -0.2) is 52.3 Å². The Morgan fingerprint density at radius 1 is 1.15 bits per heavy atom. The number of carbonyl (C=O) groups is 1. The molecule has 1 unspecified atom stereocenters. The topological polar surface area (TPSA) is 58.4 Å². The highest BCUT2D eigenvalue weighted by molar-refractivity contribution is 7.99. The number of aromatic nitrogens is 2. The molecule has 3 heterocycles. The maximum atomic E-state index is 12.8. The van der Waals surface area contributed by atoms with Gasteiger partial charge in [0.1, 0.15) is 0 Å². The normalized spacial score (nSPS) is 19.3. The second-order valence-corrected chi connectivity index (χ2v) is 8.14. The van der Waals surface area contributed by atoms with Gasteiger partial charge in [0, 0.05) is 55.3 Å². The molecule has 142 valence electrons. The van der Waals surface area contributed by atoms with Crippen LogP contribution < -0.4 is 10.5 Å². The Morgan fingerprint density at radius 3 is 2.56 bits per heavy atom. The summed E-state index contributed by atoms with van der Waals surface area (Å²) in [5, 5.41) is 0.745. The van der Waals surface area contributed by atoms with Gasteiger partial charge < -0.3 is 9.80 Å². The van der Waals surface area contributed by atoms with E-state index in [0.717, 1.165) is 42.8 Å². The first-order valence-corrected chi connectivity index (χ1v) is 10.3. The van der Waals surface area contributed by atoms with Crippen LogP contribution in [-0.2, 0) is 4.79 Å². The van der Waals surface area contributed by atoms with Gasteiger partial charge in [-0.2, -0.15) is 0 Å². The molecule has 7 heteroatoms. The Morgan fingerprint density at radius 2 is 1.85 bits per heavy atom. The van der Waals surface area contributed by atoms with E-state index >= 15 is 0 Å². The smallest absolute Gasteiger partial charge is 0.257 e. The average molecular weight is 385 g/mol. The van der Waals surface area contributed by atoms with Gasteiger partial charge in [0.2, 0.25) is 5.91 Å². The van der Waals surface area contributed by atoms with Crippen LogP contribution in [0.25, 0.3) is 0 Å². The van der Waals surface area contributed by atoms with Crippen LogP contribution >= 0.6 is 11.8 Å². The lowest BCUT2D eigenvalue weighted by atomic mass is 10.1. The number of nitrogens with zero attached hydrogens (tertiary/aromatic N) is 4. The molecular formula is C20H24N4O2S. The van der Waals surface area contributed by atoms with E-state index in [0.29, 0.717) is 12.0 Å². The second-order valence-electron chi connectivity index (χ2n) is 7.15. The van der Waals surface area contributed by atoms with Gasteiger partial charge in [-0.3, -0.25) is 14.2 Å². The number of benzene rings is 1. The van der Waals surface area contributed by atoms with Crippen molar-refractivity contribution in [1.29, 1.82) is 0 Å². The van der Waals surface area contributed by atoms with Crippen LogP contribution in [0.1, 0.15) is 23.7 Å². The van der Waals surface area contributed by atoms with Crippen molar-refractivity contribution >= 4 is 23.4 Å². The molecular weight excluding hydrogens is 360 g/mol. The first-order chi connectivity index (χ1) is 13.0. The van der Waals surface area contributed by atoms with E-state index in [9.17, 15) is 9.59 Å². The molecule has 0 saturated carbocycles. The predicted molar refractivity (Wildman–Crippen MR) is 108 cm³/mol. The number of amides is 1. The largest absolute Gasteiger partial charge is 0.368 e. The number of anilines is 1. The fourth-order valence-electron chi connectivity index (χ4n) is 3.71. The lowest BCUT2D eigenvalue weighted by Crippen LogP contribution is -2.49. The summed E-state index contributed by atoms with van der Waals surface area (Å²) in [4.78, 5) is 34.2. The van der Waals surface area contributed by atoms with Crippen molar-refractivity contribution in [3.63, 3.8) is 0 Å². The van der Waals surface area contributed by atoms with Crippen molar-refractivity contribution in [1.82, 2.24) is 14.5 Å². The van der Waals surface area contributed by atoms with Crippen LogP contribution in [0, 0.1) is 13.8 Å². The maximum Gasteiger partial charge on any atom is 0.257 e. The predicted octanol–water partition coefficient (Wildman–Crippen LogP) is 2.25. The fraction of sp³-hybridized carbons (Fsp3) is 0.450. The van der Waals surface area contributed by atoms with Gasteiger partial charge in [-0.25, -0.2) is 4.98 Å². The molecule has 6 nitrogen and oxygen atoms in total. The number of thioether (sulfide) groups is 1. The molecule has 1 saturated heterocycles. The minimum absolute atomic E-state index is 0.00537. The van der Waals surface area contributed by atoms with Crippen LogP contribution in [0.4, 0.5) is 5.69 Å². The summed E-state index contributed by atoms with van der Waals surface area (Å²) in [5.41, 5.74) is 2.65. The van der Waals surface area contributed by atoms with Gasteiger partial charge >= 0.3 is 0 Å². The minimum atomic E-state index is -0.0936. The molecule has 1 fully saturated rings. The Balaban J connectivity index is 1.41. The van der Waals surface area contributed by atoms with Gasteiger partial charge in [-0.15, -0.1) is 0 Å². The standard InChI is InChI=1S/C20H24N4O2S/c1-14-15(2)21-20-24(19(14)26)17(13-27-20)12-18(25)23-10-8-22(9-11-23)16-6-4-3-5-7-16/h3-7,17H,8-13H2,1-2H3. The van der Waals surface area contributed by atoms with Crippen molar-refractivity contribution in [2.45, 2.75) is 31.5 Å². The summed E-state index contributed by atoms with van der Waals surface area (Å²) in [6.45, 7) is 6.80. The average Bonchev–Trinajstić information content (AvgIpc) is 3.09. The number of hydrogen-bond donors (Lipinski definition) is 0. The molecule has 1 aromatic heterocycles. The van der Waals surface area contributed by atoms with Crippen molar-refractivity contribution in [3.8, 4) is 0 Å². The van der Waals surface area contributed by atoms with Gasteiger partial charge in [-0.05, 0) is 26.0 Å². The number of aryl methyl sites for hydroxylation is 1. The van der Waals surface area contributed by atoms with E-state index in [1.54, 1.807) is 16.3 Å². The molecule has 2 aromatic rings. The highest BCUT2D eigenvalue weighted by atomic mass is 32.2. The van der Waals surface area contributed by atoms with Crippen LogP contribution in [0.5, 0.6) is 0 Å². The van der Waals surface area contributed by atoms with Gasteiger partial charge in [-0.1, -0.05) is 30.0 Å². The van der Waals surface area contributed by atoms with Crippen molar-refractivity contribution < 1.29 is 4.79 Å². The molecule has 0 aliphatic carbocycles. The zero-order valence-electron chi connectivity index (χ0n) is 15.7. The highest BCUT2D eigenvalue weighted by Crippen LogP contribution is 2.33. The molecule has 4 rings (SSSR count). The first-order valence-electron chi connectivity index (χ1n) is 9.35. The van der Waals surface area contributed by atoms with Crippen LogP contribution in [0.15, 0.2) is 40.3 Å². The molecule has 1 atom stereocenters. The lowest BCUT2D eigenvalue weighted by Gasteiger charge is -2.36.